The largest absolute Gasteiger partial charge is 0.497 e. The van der Waals surface area contributed by atoms with Crippen molar-refractivity contribution < 1.29 is 14.3 Å². The van der Waals surface area contributed by atoms with E-state index in [9.17, 15) is 4.79 Å². The number of rotatable bonds is 6. The fourth-order valence-electron chi connectivity index (χ4n) is 2.20. The van der Waals surface area contributed by atoms with E-state index in [1.807, 2.05) is 24.3 Å². The molecule has 1 heterocycles. The maximum atomic E-state index is 11.1. The number of piperidine rings is 1. The summed E-state index contributed by atoms with van der Waals surface area (Å²) in [5.74, 6) is 2.05. The van der Waals surface area contributed by atoms with E-state index in [0.717, 1.165) is 37.6 Å². The summed E-state index contributed by atoms with van der Waals surface area (Å²) in [4.78, 5) is 13.5. The molecule has 0 unspecified atom stereocenters. The lowest BCUT2D eigenvalue weighted by Crippen LogP contribution is -2.34. The van der Waals surface area contributed by atoms with Gasteiger partial charge in [0.25, 0.3) is 0 Å². The molecule has 0 aliphatic carbocycles. The van der Waals surface area contributed by atoms with Crippen molar-refractivity contribution in [1.29, 1.82) is 0 Å². The average molecular weight is 263 g/mol. The molecule has 4 heteroatoms. The molecule has 1 fully saturated rings. The number of ether oxygens (including phenoxy) is 2. The molecule has 0 bridgehead atoms. The predicted molar refractivity (Wildman–Crippen MR) is 73.8 cm³/mol. The molecule has 1 aromatic rings. The second-order valence-electron chi connectivity index (χ2n) is 4.76. The molecule has 2 rings (SSSR count). The van der Waals surface area contributed by atoms with Gasteiger partial charge in [-0.15, -0.1) is 0 Å². The van der Waals surface area contributed by atoms with E-state index < -0.39 is 0 Å². The van der Waals surface area contributed by atoms with Gasteiger partial charge in [0.2, 0.25) is 0 Å². The van der Waals surface area contributed by atoms with Gasteiger partial charge < -0.3 is 14.4 Å². The second-order valence-corrected chi connectivity index (χ2v) is 4.76. The standard InChI is InChI=1S/C15H21NO3/c1-18-14-4-2-5-15(12-14)19-11-3-8-16-9-6-13(17)7-10-16/h2,4-5,12H,3,6-11H2,1H3. The van der Waals surface area contributed by atoms with Crippen LogP contribution in [0.3, 0.4) is 0 Å². The van der Waals surface area contributed by atoms with E-state index in [1.54, 1.807) is 7.11 Å². The number of hydrogen-bond acceptors (Lipinski definition) is 4. The SMILES string of the molecule is COc1cccc(OCCCN2CCC(=O)CC2)c1. The zero-order valence-corrected chi connectivity index (χ0v) is 11.4. The number of carbonyl (C=O) groups is 1. The summed E-state index contributed by atoms with van der Waals surface area (Å²) in [7, 11) is 1.65. The highest BCUT2D eigenvalue weighted by Gasteiger charge is 2.15. The van der Waals surface area contributed by atoms with Gasteiger partial charge in [0.05, 0.1) is 13.7 Å². The number of benzene rings is 1. The monoisotopic (exact) mass is 263 g/mol. The zero-order valence-electron chi connectivity index (χ0n) is 11.4. The van der Waals surface area contributed by atoms with Crippen LogP contribution in [-0.2, 0) is 4.79 Å². The summed E-state index contributed by atoms with van der Waals surface area (Å²) >= 11 is 0. The third kappa shape index (κ3) is 4.56. The van der Waals surface area contributed by atoms with Gasteiger partial charge in [-0.25, -0.2) is 0 Å². The minimum Gasteiger partial charge on any atom is -0.497 e. The van der Waals surface area contributed by atoms with Crippen molar-refractivity contribution in [2.45, 2.75) is 19.3 Å². The molecule has 0 N–H and O–H groups in total. The second kappa shape index (κ2) is 7.14. The van der Waals surface area contributed by atoms with Crippen molar-refractivity contribution >= 4 is 5.78 Å². The van der Waals surface area contributed by atoms with Crippen LogP contribution in [0, 0.1) is 0 Å². The first-order valence-corrected chi connectivity index (χ1v) is 6.79. The normalized spacial score (nSPS) is 16.4. The van der Waals surface area contributed by atoms with Crippen LogP contribution >= 0.6 is 0 Å². The van der Waals surface area contributed by atoms with Gasteiger partial charge >= 0.3 is 0 Å². The Labute approximate surface area is 114 Å². The molecule has 0 saturated carbocycles. The highest BCUT2D eigenvalue weighted by atomic mass is 16.5. The Hall–Kier alpha value is -1.55. The van der Waals surface area contributed by atoms with Gasteiger partial charge in [0, 0.05) is 38.5 Å². The van der Waals surface area contributed by atoms with Crippen LogP contribution in [0.5, 0.6) is 11.5 Å². The van der Waals surface area contributed by atoms with Gasteiger partial charge in [-0.3, -0.25) is 4.79 Å². The van der Waals surface area contributed by atoms with E-state index in [-0.39, 0.29) is 0 Å². The van der Waals surface area contributed by atoms with Crippen LogP contribution < -0.4 is 9.47 Å². The summed E-state index contributed by atoms with van der Waals surface area (Å²) in [5.41, 5.74) is 0. The zero-order chi connectivity index (χ0) is 13.5. The summed E-state index contributed by atoms with van der Waals surface area (Å²) < 4.78 is 10.8. The lowest BCUT2D eigenvalue weighted by molar-refractivity contribution is -0.121. The number of ketones is 1. The fraction of sp³-hybridized carbons (Fsp3) is 0.533. The molecular weight excluding hydrogens is 242 g/mol. The van der Waals surface area contributed by atoms with Gasteiger partial charge in [0.1, 0.15) is 17.3 Å². The lowest BCUT2D eigenvalue weighted by atomic mass is 10.1. The number of methoxy groups -OCH3 is 1. The van der Waals surface area contributed by atoms with Gasteiger partial charge in [-0.05, 0) is 18.6 Å². The van der Waals surface area contributed by atoms with E-state index >= 15 is 0 Å². The Balaban J connectivity index is 1.64. The summed E-state index contributed by atoms with van der Waals surface area (Å²) in [6, 6.07) is 7.64. The predicted octanol–water partition coefficient (Wildman–Crippen LogP) is 2.13. The molecule has 4 nitrogen and oxygen atoms in total. The first kappa shape index (κ1) is 13.9. The van der Waals surface area contributed by atoms with Crippen LogP contribution in [0.25, 0.3) is 0 Å². The molecular formula is C15H21NO3. The van der Waals surface area contributed by atoms with E-state index in [0.29, 0.717) is 25.2 Å². The van der Waals surface area contributed by atoms with Gasteiger partial charge in [-0.1, -0.05) is 6.07 Å². The van der Waals surface area contributed by atoms with Crippen LogP contribution in [0.15, 0.2) is 24.3 Å². The minimum absolute atomic E-state index is 0.392. The molecule has 1 aliphatic rings. The number of carbonyl (C=O) groups excluding carboxylic acids is 1. The summed E-state index contributed by atoms with van der Waals surface area (Å²) in [6.07, 6.45) is 2.39. The number of nitrogens with zero attached hydrogens (tertiary/aromatic N) is 1. The fourth-order valence-corrected chi connectivity index (χ4v) is 2.20. The van der Waals surface area contributed by atoms with E-state index in [1.165, 1.54) is 0 Å². The van der Waals surface area contributed by atoms with E-state index in [4.69, 9.17) is 9.47 Å². The van der Waals surface area contributed by atoms with Crippen LogP contribution in [0.4, 0.5) is 0 Å². The van der Waals surface area contributed by atoms with Crippen molar-refractivity contribution in [1.82, 2.24) is 4.90 Å². The molecule has 1 aromatic carbocycles. The Bertz CT molecular complexity index is 410. The molecule has 0 aromatic heterocycles. The molecule has 19 heavy (non-hydrogen) atoms. The summed E-state index contributed by atoms with van der Waals surface area (Å²) in [6.45, 7) is 3.49. The Kier molecular flexibility index (Phi) is 5.21. The molecule has 0 amide bonds. The van der Waals surface area contributed by atoms with Crippen molar-refractivity contribution in [3.63, 3.8) is 0 Å². The third-order valence-corrected chi connectivity index (χ3v) is 3.34. The van der Waals surface area contributed by atoms with Gasteiger partial charge in [-0.2, -0.15) is 0 Å². The average Bonchev–Trinajstić information content (AvgIpc) is 2.46. The van der Waals surface area contributed by atoms with Crippen LogP contribution in [-0.4, -0.2) is 44.0 Å². The first-order valence-electron chi connectivity index (χ1n) is 6.79. The molecule has 1 aliphatic heterocycles. The molecule has 104 valence electrons. The number of likely N-dealkylation sites (tertiary alicyclic amines) is 1. The van der Waals surface area contributed by atoms with Gasteiger partial charge in [0.15, 0.2) is 0 Å². The Morgan fingerprint density at radius 1 is 1.21 bits per heavy atom. The highest BCUT2D eigenvalue weighted by molar-refractivity contribution is 5.79. The highest BCUT2D eigenvalue weighted by Crippen LogP contribution is 2.18. The lowest BCUT2D eigenvalue weighted by Gasteiger charge is -2.25. The number of Topliss-reactive ketones (excluding diaryl/α,β-unsaturated/α-hetero) is 1. The number of hydrogen-bond donors (Lipinski definition) is 0. The van der Waals surface area contributed by atoms with E-state index in [2.05, 4.69) is 4.90 Å². The topological polar surface area (TPSA) is 38.8 Å². The maximum absolute atomic E-state index is 11.1. The smallest absolute Gasteiger partial charge is 0.135 e. The molecule has 0 spiro atoms. The maximum Gasteiger partial charge on any atom is 0.135 e. The van der Waals surface area contributed by atoms with Crippen LogP contribution in [0.2, 0.25) is 0 Å². The Morgan fingerprint density at radius 2 is 1.95 bits per heavy atom. The first-order chi connectivity index (χ1) is 9.28. The quantitative estimate of drug-likeness (QED) is 0.737. The molecule has 1 saturated heterocycles. The minimum atomic E-state index is 0.392. The van der Waals surface area contributed by atoms with Crippen LogP contribution in [0.1, 0.15) is 19.3 Å². The molecule has 0 radical (unpaired) electrons. The van der Waals surface area contributed by atoms with Crippen molar-refractivity contribution in [3.05, 3.63) is 24.3 Å². The van der Waals surface area contributed by atoms with Crippen molar-refractivity contribution in [3.8, 4) is 11.5 Å². The molecule has 0 atom stereocenters. The third-order valence-electron chi connectivity index (χ3n) is 3.34. The van der Waals surface area contributed by atoms with Crippen molar-refractivity contribution in [2.24, 2.45) is 0 Å². The van der Waals surface area contributed by atoms with Crippen molar-refractivity contribution in [2.75, 3.05) is 33.4 Å². The summed E-state index contributed by atoms with van der Waals surface area (Å²) in [5, 5.41) is 0. The Morgan fingerprint density at radius 3 is 2.68 bits per heavy atom.